The number of aromatic nitrogens is 3. The average Bonchev–Trinajstić information content (AvgIpc) is 3.64. The SMILES string of the molecule is CC(C)(C)OC(=O)N1CCc2sc(CNC(=O)Cn3cnc4c(c3=O)NC(c3cnc(-c5ccccc5)o3)CC4)cc2C1. The van der Waals surface area contributed by atoms with E-state index in [1.54, 1.807) is 22.4 Å². The molecule has 0 spiro atoms. The Kier molecular flexibility index (Phi) is 7.78. The Morgan fingerprint density at radius 1 is 1.19 bits per heavy atom. The van der Waals surface area contributed by atoms with Crippen LogP contribution in [0.4, 0.5) is 10.5 Å². The monoisotopic (exact) mass is 602 g/mol. The van der Waals surface area contributed by atoms with Gasteiger partial charge >= 0.3 is 6.09 Å². The number of rotatable bonds is 6. The number of fused-ring (bicyclic) bond motifs is 2. The first-order chi connectivity index (χ1) is 20.6. The van der Waals surface area contributed by atoms with Crippen LogP contribution in [0.5, 0.6) is 0 Å². The topological polar surface area (TPSA) is 132 Å². The van der Waals surface area contributed by atoms with Crippen LogP contribution in [0.15, 0.2) is 58.1 Å². The second kappa shape index (κ2) is 11.7. The van der Waals surface area contributed by atoms with Gasteiger partial charge in [-0.25, -0.2) is 14.8 Å². The van der Waals surface area contributed by atoms with Crippen molar-refractivity contribution in [1.29, 1.82) is 0 Å². The van der Waals surface area contributed by atoms with E-state index in [2.05, 4.69) is 20.6 Å². The number of aryl methyl sites for hydroxylation is 1. The molecule has 2 aliphatic rings. The maximum atomic E-state index is 13.3. The molecule has 1 atom stereocenters. The van der Waals surface area contributed by atoms with Gasteiger partial charge in [0.1, 0.15) is 23.6 Å². The summed E-state index contributed by atoms with van der Waals surface area (Å²) in [6.07, 6.45) is 4.85. The van der Waals surface area contributed by atoms with Crippen LogP contribution < -0.4 is 16.2 Å². The summed E-state index contributed by atoms with van der Waals surface area (Å²) in [4.78, 5) is 51.4. The first-order valence-electron chi connectivity index (χ1n) is 14.3. The minimum atomic E-state index is -0.543. The number of nitrogens with one attached hydrogen (secondary N) is 2. The van der Waals surface area contributed by atoms with Crippen molar-refractivity contribution in [2.24, 2.45) is 0 Å². The van der Waals surface area contributed by atoms with Crippen LogP contribution >= 0.6 is 11.3 Å². The fourth-order valence-electron chi connectivity index (χ4n) is 5.23. The lowest BCUT2D eigenvalue weighted by Crippen LogP contribution is -2.39. The molecule has 0 bridgehead atoms. The van der Waals surface area contributed by atoms with Gasteiger partial charge in [0.25, 0.3) is 5.56 Å². The van der Waals surface area contributed by atoms with Crippen LogP contribution in [0.1, 0.15) is 60.0 Å². The molecule has 43 heavy (non-hydrogen) atoms. The number of carbonyl (C=O) groups is 2. The van der Waals surface area contributed by atoms with E-state index in [-0.39, 0.29) is 30.1 Å². The number of carbonyl (C=O) groups excluding carboxylic acids is 2. The van der Waals surface area contributed by atoms with Gasteiger partial charge in [-0.2, -0.15) is 0 Å². The highest BCUT2D eigenvalue weighted by molar-refractivity contribution is 7.12. The fourth-order valence-corrected chi connectivity index (χ4v) is 6.34. The predicted molar refractivity (Wildman–Crippen MR) is 162 cm³/mol. The molecule has 3 aromatic heterocycles. The number of hydrogen-bond donors (Lipinski definition) is 2. The summed E-state index contributed by atoms with van der Waals surface area (Å²) >= 11 is 1.63. The van der Waals surface area contributed by atoms with Crippen molar-refractivity contribution in [3.63, 3.8) is 0 Å². The van der Waals surface area contributed by atoms with Gasteiger partial charge in [-0.3, -0.25) is 14.2 Å². The Labute approximate surface area is 252 Å². The molecule has 2 amide bonds. The van der Waals surface area contributed by atoms with Crippen LogP contribution in [0, 0.1) is 0 Å². The number of benzene rings is 1. The van der Waals surface area contributed by atoms with Gasteiger partial charge < -0.3 is 24.7 Å². The third-order valence-electron chi connectivity index (χ3n) is 7.34. The summed E-state index contributed by atoms with van der Waals surface area (Å²) in [5.41, 5.74) is 2.16. The van der Waals surface area contributed by atoms with Crippen molar-refractivity contribution in [1.82, 2.24) is 24.8 Å². The summed E-state index contributed by atoms with van der Waals surface area (Å²) in [5, 5.41) is 6.19. The van der Waals surface area contributed by atoms with Crippen LogP contribution in [-0.4, -0.2) is 43.6 Å². The van der Waals surface area contributed by atoms with E-state index in [9.17, 15) is 14.4 Å². The number of oxazole rings is 1. The molecular weight excluding hydrogens is 568 g/mol. The molecule has 1 aromatic carbocycles. The maximum Gasteiger partial charge on any atom is 0.410 e. The lowest BCUT2D eigenvalue weighted by Gasteiger charge is -2.29. The Balaban J connectivity index is 1.06. The van der Waals surface area contributed by atoms with Crippen molar-refractivity contribution >= 4 is 29.0 Å². The minimum absolute atomic E-state index is 0.149. The highest BCUT2D eigenvalue weighted by Crippen LogP contribution is 2.32. The summed E-state index contributed by atoms with van der Waals surface area (Å²) in [6, 6.07) is 11.4. The van der Waals surface area contributed by atoms with Gasteiger partial charge in [-0.1, -0.05) is 18.2 Å². The van der Waals surface area contributed by atoms with Crippen LogP contribution in [-0.2, 0) is 42.0 Å². The largest absolute Gasteiger partial charge is 0.444 e. The van der Waals surface area contributed by atoms with Crippen molar-refractivity contribution in [2.45, 2.75) is 71.3 Å². The number of hydrogen-bond acceptors (Lipinski definition) is 9. The quantitative estimate of drug-likeness (QED) is 0.326. The van der Waals surface area contributed by atoms with E-state index in [1.807, 2.05) is 57.2 Å². The molecule has 12 heteroatoms. The van der Waals surface area contributed by atoms with E-state index < -0.39 is 5.60 Å². The van der Waals surface area contributed by atoms with Crippen molar-refractivity contribution in [3.8, 4) is 11.5 Å². The lowest BCUT2D eigenvalue weighted by atomic mass is 10.0. The number of thiophene rings is 1. The Morgan fingerprint density at radius 2 is 2.00 bits per heavy atom. The van der Waals surface area contributed by atoms with Crippen LogP contribution in [0.3, 0.4) is 0 Å². The smallest absolute Gasteiger partial charge is 0.410 e. The number of anilines is 1. The van der Waals surface area contributed by atoms with Gasteiger partial charge in [-0.15, -0.1) is 11.3 Å². The third-order valence-corrected chi connectivity index (χ3v) is 8.57. The van der Waals surface area contributed by atoms with Crippen molar-refractivity contribution in [2.75, 3.05) is 11.9 Å². The number of nitrogens with zero attached hydrogens (tertiary/aromatic N) is 4. The number of amides is 2. The molecule has 0 saturated carbocycles. The molecule has 2 aliphatic heterocycles. The Bertz CT molecular complexity index is 1700. The standard InChI is InChI=1S/C31H34N6O5S/c1-31(2,3)42-30(40)36-12-11-25-20(16-36)13-21(43-25)14-32-26(38)17-37-18-34-23-10-9-22(35-27(23)29(37)39)24-15-33-28(41-24)19-7-5-4-6-8-19/h4-8,13,15,18,22,35H,9-12,14,16-17H2,1-3H3,(H,32,38). The molecule has 2 N–H and O–H groups in total. The average molecular weight is 603 g/mol. The molecule has 0 radical (unpaired) electrons. The van der Waals surface area contributed by atoms with Crippen molar-refractivity contribution in [3.05, 3.63) is 86.0 Å². The zero-order chi connectivity index (χ0) is 30.1. The third kappa shape index (κ3) is 6.48. The maximum absolute atomic E-state index is 13.3. The van der Waals surface area contributed by atoms with Crippen molar-refractivity contribution < 1.29 is 18.7 Å². The molecule has 1 unspecified atom stereocenters. The van der Waals surface area contributed by atoms with Crippen LogP contribution in [0.25, 0.3) is 11.5 Å². The molecule has 6 rings (SSSR count). The zero-order valence-corrected chi connectivity index (χ0v) is 25.2. The second-order valence-corrected chi connectivity index (χ2v) is 13.0. The normalized spacial score (nSPS) is 16.2. The van der Waals surface area contributed by atoms with Crippen LogP contribution in [0.2, 0.25) is 0 Å². The fraction of sp³-hybridized carbons (Fsp3) is 0.387. The first-order valence-corrected chi connectivity index (χ1v) is 15.2. The van der Waals surface area contributed by atoms with Gasteiger partial charge in [0.05, 0.1) is 37.3 Å². The predicted octanol–water partition coefficient (Wildman–Crippen LogP) is 4.67. The van der Waals surface area contributed by atoms with E-state index in [0.29, 0.717) is 55.5 Å². The van der Waals surface area contributed by atoms with E-state index in [4.69, 9.17) is 9.15 Å². The molecule has 224 valence electrons. The molecule has 0 saturated heterocycles. The van der Waals surface area contributed by atoms with Gasteiger partial charge in [-0.05, 0) is 63.8 Å². The summed E-state index contributed by atoms with van der Waals surface area (Å²) < 4.78 is 12.8. The van der Waals surface area contributed by atoms with E-state index in [0.717, 1.165) is 22.4 Å². The molecular formula is C31H34N6O5S. The molecule has 5 heterocycles. The Morgan fingerprint density at radius 3 is 2.79 bits per heavy atom. The molecule has 0 aliphatic carbocycles. The highest BCUT2D eigenvalue weighted by Gasteiger charge is 2.28. The lowest BCUT2D eigenvalue weighted by molar-refractivity contribution is -0.121. The minimum Gasteiger partial charge on any atom is -0.444 e. The number of ether oxygens (including phenoxy) is 1. The van der Waals surface area contributed by atoms with E-state index in [1.165, 1.54) is 15.8 Å². The zero-order valence-electron chi connectivity index (χ0n) is 24.4. The second-order valence-electron chi connectivity index (χ2n) is 11.8. The first kappa shape index (κ1) is 28.7. The molecule has 4 aromatic rings. The van der Waals surface area contributed by atoms with Gasteiger partial charge in [0.15, 0.2) is 0 Å². The summed E-state index contributed by atoms with van der Waals surface area (Å²) in [6.45, 7) is 6.84. The van der Waals surface area contributed by atoms with Gasteiger partial charge in [0.2, 0.25) is 11.8 Å². The highest BCUT2D eigenvalue weighted by atomic mass is 32.1. The van der Waals surface area contributed by atoms with Gasteiger partial charge in [0, 0.05) is 21.9 Å². The molecule has 11 nitrogen and oxygen atoms in total. The molecule has 0 fully saturated rings. The summed E-state index contributed by atoms with van der Waals surface area (Å²) in [7, 11) is 0. The van der Waals surface area contributed by atoms with E-state index >= 15 is 0 Å². The Hall–Kier alpha value is -4.45. The summed E-state index contributed by atoms with van der Waals surface area (Å²) in [5.74, 6) is 0.876.